The Balaban J connectivity index is 1.93. The summed E-state index contributed by atoms with van der Waals surface area (Å²) in [5.74, 6) is 0.164. The minimum atomic E-state index is 0.164. The maximum atomic E-state index is 11.9. The van der Waals surface area contributed by atoms with Crippen molar-refractivity contribution in [3.05, 3.63) is 30.1 Å². The molecule has 0 N–H and O–H groups in total. The van der Waals surface area contributed by atoms with Crippen LogP contribution in [0.15, 0.2) is 24.5 Å². The number of carbonyl (C=O) groups is 1. The molecule has 0 saturated carbocycles. The largest absolute Gasteiger partial charge is 0.378 e. The molecule has 0 unspecified atom stereocenters. The van der Waals surface area contributed by atoms with Gasteiger partial charge in [-0.05, 0) is 12.5 Å². The van der Waals surface area contributed by atoms with E-state index in [4.69, 9.17) is 4.74 Å². The fourth-order valence-corrected chi connectivity index (χ4v) is 1.71. The van der Waals surface area contributed by atoms with Gasteiger partial charge in [-0.3, -0.25) is 4.79 Å². The molecule has 1 amide bonds. The first-order valence-electron chi connectivity index (χ1n) is 5.57. The summed E-state index contributed by atoms with van der Waals surface area (Å²) in [5.41, 5.74) is 1.20. The Morgan fingerprint density at radius 2 is 2.00 bits per heavy atom. The van der Waals surface area contributed by atoms with Crippen molar-refractivity contribution in [2.24, 2.45) is 0 Å². The quantitative estimate of drug-likeness (QED) is 0.666. The fraction of sp³-hybridized carbons (Fsp3) is 0.500. The number of aryl methyl sites for hydroxylation is 1. The van der Waals surface area contributed by atoms with Gasteiger partial charge in [-0.25, -0.2) is 0 Å². The van der Waals surface area contributed by atoms with E-state index in [2.05, 4.69) is 0 Å². The molecule has 0 radical (unpaired) electrons. The monoisotopic (exact) mass is 221 g/mol. The van der Waals surface area contributed by atoms with Crippen LogP contribution in [0.2, 0.25) is 0 Å². The Kier molecular flexibility index (Phi) is 3.51. The van der Waals surface area contributed by atoms with Crippen molar-refractivity contribution in [3.8, 4) is 0 Å². The SMILES string of the molecule is Cc1cc[n+](CC(=O)N2CCOCC2)cc1. The lowest BCUT2D eigenvalue weighted by Crippen LogP contribution is -2.48. The van der Waals surface area contributed by atoms with Gasteiger partial charge in [0.1, 0.15) is 0 Å². The first-order chi connectivity index (χ1) is 7.75. The zero-order chi connectivity index (χ0) is 11.4. The van der Waals surface area contributed by atoms with Crippen LogP contribution in [0.4, 0.5) is 0 Å². The van der Waals surface area contributed by atoms with E-state index >= 15 is 0 Å². The molecule has 1 aromatic rings. The summed E-state index contributed by atoms with van der Waals surface area (Å²) in [5, 5.41) is 0. The first kappa shape index (κ1) is 11.1. The number of pyridine rings is 1. The van der Waals surface area contributed by atoms with Gasteiger partial charge in [0.05, 0.1) is 13.2 Å². The molecule has 86 valence electrons. The van der Waals surface area contributed by atoms with E-state index in [1.807, 2.05) is 40.9 Å². The molecule has 0 atom stereocenters. The molecule has 2 heterocycles. The summed E-state index contributed by atoms with van der Waals surface area (Å²) >= 11 is 0. The average Bonchev–Trinajstić information content (AvgIpc) is 2.33. The molecule has 4 nitrogen and oxygen atoms in total. The molecule has 1 aliphatic heterocycles. The third kappa shape index (κ3) is 2.79. The molecule has 0 bridgehead atoms. The van der Waals surface area contributed by atoms with Gasteiger partial charge >= 0.3 is 0 Å². The summed E-state index contributed by atoms with van der Waals surface area (Å²) in [6.07, 6.45) is 3.88. The molecule has 1 saturated heterocycles. The van der Waals surface area contributed by atoms with Gasteiger partial charge in [-0.2, -0.15) is 4.57 Å². The molecule has 2 rings (SSSR count). The highest BCUT2D eigenvalue weighted by Crippen LogP contribution is 1.97. The summed E-state index contributed by atoms with van der Waals surface area (Å²) in [6.45, 7) is 5.19. The second-order valence-corrected chi connectivity index (χ2v) is 4.04. The highest BCUT2D eigenvalue weighted by Gasteiger charge is 2.19. The van der Waals surface area contributed by atoms with E-state index < -0.39 is 0 Å². The molecule has 1 aliphatic rings. The fourth-order valence-electron chi connectivity index (χ4n) is 1.71. The number of amides is 1. The van der Waals surface area contributed by atoms with Crippen LogP contribution in [0.3, 0.4) is 0 Å². The standard InChI is InChI=1S/C12H17N2O2/c1-11-2-4-13(5-3-11)10-12(15)14-6-8-16-9-7-14/h2-5H,6-10H2,1H3/q+1. The number of nitrogens with zero attached hydrogens (tertiary/aromatic N) is 2. The molecule has 0 aromatic carbocycles. The number of ether oxygens (including phenoxy) is 1. The number of rotatable bonds is 2. The van der Waals surface area contributed by atoms with Gasteiger partial charge in [-0.1, -0.05) is 0 Å². The predicted octanol–water partition coefficient (Wildman–Crippen LogP) is 0.141. The van der Waals surface area contributed by atoms with Crippen molar-refractivity contribution in [2.75, 3.05) is 26.3 Å². The molecule has 4 heteroatoms. The average molecular weight is 221 g/mol. The number of aromatic nitrogens is 1. The lowest BCUT2D eigenvalue weighted by atomic mass is 10.3. The minimum absolute atomic E-state index is 0.164. The molecule has 1 aromatic heterocycles. The second-order valence-electron chi connectivity index (χ2n) is 4.04. The molecular weight excluding hydrogens is 204 g/mol. The number of hydrogen-bond donors (Lipinski definition) is 0. The molecule has 0 spiro atoms. The van der Waals surface area contributed by atoms with Crippen molar-refractivity contribution in [2.45, 2.75) is 13.5 Å². The highest BCUT2D eigenvalue weighted by atomic mass is 16.5. The zero-order valence-electron chi connectivity index (χ0n) is 9.56. The van der Waals surface area contributed by atoms with E-state index in [0.29, 0.717) is 32.8 Å². The third-order valence-electron chi connectivity index (χ3n) is 2.74. The summed E-state index contributed by atoms with van der Waals surface area (Å²) in [4.78, 5) is 13.8. The molecule has 16 heavy (non-hydrogen) atoms. The molecular formula is C12H17N2O2+. The Morgan fingerprint density at radius 3 is 2.62 bits per heavy atom. The first-order valence-corrected chi connectivity index (χ1v) is 5.57. The van der Waals surface area contributed by atoms with Gasteiger partial charge in [0.15, 0.2) is 12.4 Å². The third-order valence-corrected chi connectivity index (χ3v) is 2.74. The smallest absolute Gasteiger partial charge is 0.288 e. The second kappa shape index (κ2) is 5.07. The van der Waals surface area contributed by atoms with Crippen LogP contribution < -0.4 is 4.57 Å². The Morgan fingerprint density at radius 1 is 1.38 bits per heavy atom. The Bertz CT molecular complexity index is 356. The Hall–Kier alpha value is -1.42. The van der Waals surface area contributed by atoms with Crippen LogP contribution >= 0.6 is 0 Å². The number of carbonyl (C=O) groups excluding carboxylic acids is 1. The zero-order valence-corrected chi connectivity index (χ0v) is 9.56. The molecule has 0 aliphatic carbocycles. The van der Waals surface area contributed by atoms with Crippen LogP contribution in [-0.2, 0) is 16.1 Å². The summed E-state index contributed by atoms with van der Waals surface area (Å²) < 4.78 is 7.12. The number of morpholine rings is 1. The van der Waals surface area contributed by atoms with Crippen molar-refractivity contribution >= 4 is 5.91 Å². The van der Waals surface area contributed by atoms with Gasteiger partial charge in [-0.15, -0.1) is 0 Å². The maximum absolute atomic E-state index is 11.9. The Labute approximate surface area is 95.4 Å². The van der Waals surface area contributed by atoms with Crippen molar-refractivity contribution in [3.63, 3.8) is 0 Å². The maximum Gasteiger partial charge on any atom is 0.288 e. The summed E-state index contributed by atoms with van der Waals surface area (Å²) in [6, 6.07) is 4.01. The van der Waals surface area contributed by atoms with Crippen molar-refractivity contribution in [1.29, 1.82) is 0 Å². The number of hydrogen-bond acceptors (Lipinski definition) is 2. The van der Waals surface area contributed by atoms with Crippen LogP contribution in [0, 0.1) is 6.92 Å². The molecule has 1 fully saturated rings. The van der Waals surface area contributed by atoms with Gasteiger partial charge in [0.2, 0.25) is 6.54 Å². The van der Waals surface area contributed by atoms with Gasteiger partial charge in [0.25, 0.3) is 5.91 Å². The van der Waals surface area contributed by atoms with E-state index in [-0.39, 0.29) is 5.91 Å². The topological polar surface area (TPSA) is 33.4 Å². The normalized spacial score (nSPS) is 16.2. The van der Waals surface area contributed by atoms with Crippen LogP contribution in [0.1, 0.15) is 5.56 Å². The van der Waals surface area contributed by atoms with Crippen LogP contribution in [0.25, 0.3) is 0 Å². The summed E-state index contributed by atoms with van der Waals surface area (Å²) in [7, 11) is 0. The van der Waals surface area contributed by atoms with E-state index in [1.54, 1.807) is 0 Å². The van der Waals surface area contributed by atoms with E-state index in [9.17, 15) is 4.79 Å². The van der Waals surface area contributed by atoms with Gasteiger partial charge in [0, 0.05) is 25.2 Å². The van der Waals surface area contributed by atoms with Gasteiger partial charge < -0.3 is 9.64 Å². The van der Waals surface area contributed by atoms with Crippen molar-refractivity contribution in [1.82, 2.24) is 4.90 Å². The van der Waals surface area contributed by atoms with Crippen LogP contribution in [0.5, 0.6) is 0 Å². The van der Waals surface area contributed by atoms with E-state index in [0.717, 1.165) is 0 Å². The lowest BCUT2D eigenvalue weighted by molar-refractivity contribution is -0.685. The minimum Gasteiger partial charge on any atom is -0.378 e. The van der Waals surface area contributed by atoms with Crippen molar-refractivity contribution < 1.29 is 14.1 Å². The van der Waals surface area contributed by atoms with Crippen LogP contribution in [-0.4, -0.2) is 37.1 Å². The lowest BCUT2D eigenvalue weighted by Gasteiger charge is -2.25. The van der Waals surface area contributed by atoms with E-state index in [1.165, 1.54) is 5.56 Å². The predicted molar refractivity (Wildman–Crippen MR) is 58.8 cm³/mol. The highest BCUT2D eigenvalue weighted by molar-refractivity contribution is 5.74.